The second-order valence-corrected chi connectivity index (χ2v) is 10.3. The van der Waals surface area contributed by atoms with Crippen molar-refractivity contribution in [3.63, 3.8) is 0 Å². The van der Waals surface area contributed by atoms with Crippen LogP contribution in [-0.2, 0) is 24.6 Å². The van der Waals surface area contributed by atoms with Gasteiger partial charge >= 0.3 is 6.09 Å². The standard InChI is InChI=1S/C22H24BrN3O5/c1-20(2,3)31-19(29)25-15-7-6-12(23)10-13(15)22(18(25)28)14(11-24)17-16(27)8-9-21(22,4)26(17)30-5/h6-7,10,14,17H,8-9H2,1-5H3/t14-,17+,21+,22-/m1/s1. The van der Waals surface area contributed by atoms with Crippen LogP contribution in [0.4, 0.5) is 10.5 Å². The quantitative estimate of drug-likeness (QED) is 0.594. The Morgan fingerprint density at radius 1 is 1.32 bits per heavy atom. The van der Waals surface area contributed by atoms with E-state index in [1.54, 1.807) is 39.0 Å². The minimum atomic E-state index is -1.47. The van der Waals surface area contributed by atoms with Crippen LogP contribution in [-0.4, -0.2) is 47.1 Å². The molecule has 0 unspecified atom stereocenters. The van der Waals surface area contributed by atoms with E-state index < -0.39 is 40.5 Å². The summed E-state index contributed by atoms with van der Waals surface area (Å²) in [5, 5.41) is 11.7. The van der Waals surface area contributed by atoms with Crippen molar-refractivity contribution >= 4 is 39.4 Å². The number of carbonyl (C=O) groups is 3. The Bertz CT molecular complexity index is 1040. The van der Waals surface area contributed by atoms with Gasteiger partial charge < -0.3 is 9.57 Å². The maximum atomic E-state index is 14.2. The van der Waals surface area contributed by atoms with E-state index in [-0.39, 0.29) is 12.2 Å². The van der Waals surface area contributed by atoms with Crippen LogP contribution in [0.1, 0.15) is 46.1 Å². The summed E-state index contributed by atoms with van der Waals surface area (Å²) in [5.74, 6) is -1.74. The molecular formula is C22H24BrN3O5. The predicted molar refractivity (Wildman–Crippen MR) is 114 cm³/mol. The molecule has 0 aromatic heterocycles. The zero-order valence-electron chi connectivity index (χ0n) is 18.1. The number of piperidine rings is 1. The van der Waals surface area contributed by atoms with Crippen LogP contribution in [0.15, 0.2) is 22.7 Å². The van der Waals surface area contributed by atoms with Gasteiger partial charge in [-0.2, -0.15) is 10.3 Å². The molecular weight excluding hydrogens is 466 g/mol. The maximum Gasteiger partial charge on any atom is 0.421 e. The van der Waals surface area contributed by atoms with E-state index in [0.717, 1.165) is 4.90 Å². The Balaban J connectivity index is 2.01. The van der Waals surface area contributed by atoms with Crippen LogP contribution in [0.2, 0.25) is 0 Å². The average molecular weight is 490 g/mol. The molecule has 31 heavy (non-hydrogen) atoms. The van der Waals surface area contributed by atoms with Crippen LogP contribution in [0.25, 0.3) is 0 Å². The number of nitrogens with zero attached hydrogens (tertiary/aromatic N) is 3. The Morgan fingerprint density at radius 3 is 2.58 bits per heavy atom. The molecule has 4 rings (SSSR count). The second kappa shape index (κ2) is 6.86. The number of hydroxylamine groups is 2. The smallest absolute Gasteiger partial charge is 0.421 e. The van der Waals surface area contributed by atoms with E-state index in [4.69, 9.17) is 9.57 Å². The van der Waals surface area contributed by atoms with Crippen LogP contribution < -0.4 is 4.90 Å². The summed E-state index contributed by atoms with van der Waals surface area (Å²) in [7, 11) is 1.43. The summed E-state index contributed by atoms with van der Waals surface area (Å²) in [5.41, 5.74) is -2.42. The molecule has 4 atom stereocenters. The molecule has 164 valence electrons. The lowest BCUT2D eigenvalue weighted by atomic mass is 9.61. The number of ketones is 1. The van der Waals surface area contributed by atoms with Gasteiger partial charge in [0.2, 0.25) is 0 Å². The largest absolute Gasteiger partial charge is 0.443 e. The van der Waals surface area contributed by atoms with Gasteiger partial charge in [-0.25, -0.2) is 9.69 Å². The van der Waals surface area contributed by atoms with E-state index in [1.165, 1.54) is 12.2 Å². The van der Waals surface area contributed by atoms with Gasteiger partial charge in [0, 0.05) is 10.9 Å². The maximum absolute atomic E-state index is 14.2. The van der Waals surface area contributed by atoms with Gasteiger partial charge in [-0.15, -0.1) is 0 Å². The van der Waals surface area contributed by atoms with E-state index in [2.05, 4.69) is 22.0 Å². The Kier molecular flexibility index (Phi) is 4.85. The Hall–Kier alpha value is -2.28. The molecule has 9 heteroatoms. The van der Waals surface area contributed by atoms with Crippen molar-refractivity contribution < 1.29 is 24.0 Å². The fourth-order valence-corrected chi connectivity index (χ4v) is 5.90. The normalized spacial score (nSPS) is 32.4. The van der Waals surface area contributed by atoms with Crippen molar-refractivity contribution in [1.29, 1.82) is 5.26 Å². The number of hydrogen-bond donors (Lipinski definition) is 0. The summed E-state index contributed by atoms with van der Waals surface area (Å²) in [4.78, 5) is 46.8. The first kappa shape index (κ1) is 21.9. The van der Waals surface area contributed by atoms with Gasteiger partial charge in [0.25, 0.3) is 5.91 Å². The molecule has 2 amide bonds. The summed E-state index contributed by atoms with van der Waals surface area (Å²) in [6, 6.07) is 6.48. The molecule has 0 N–H and O–H groups in total. The number of rotatable bonds is 1. The number of halogens is 1. The third-order valence-corrected chi connectivity index (χ3v) is 7.13. The van der Waals surface area contributed by atoms with Gasteiger partial charge in [-0.05, 0) is 57.9 Å². The van der Waals surface area contributed by atoms with E-state index in [9.17, 15) is 19.6 Å². The number of imide groups is 1. The van der Waals surface area contributed by atoms with Crippen molar-refractivity contribution in [1.82, 2.24) is 5.06 Å². The van der Waals surface area contributed by atoms with Crippen LogP contribution in [0, 0.1) is 17.2 Å². The molecule has 0 aliphatic carbocycles. The number of fused-ring (bicyclic) bond motifs is 5. The summed E-state index contributed by atoms with van der Waals surface area (Å²) < 4.78 is 6.22. The highest BCUT2D eigenvalue weighted by Crippen LogP contribution is 2.63. The van der Waals surface area contributed by atoms with Gasteiger partial charge in [0.1, 0.15) is 17.1 Å². The Labute approximate surface area is 189 Å². The van der Waals surface area contributed by atoms with E-state index >= 15 is 0 Å². The van der Waals surface area contributed by atoms with Crippen LogP contribution in [0.3, 0.4) is 0 Å². The molecule has 1 aromatic carbocycles. The molecule has 1 aromatic rings. The molecule has 0 radical (unpaired) electrons. The van der Waals surface area contributed by atoms with Crippen LogP contribution >= 0.6 is 15.9 Å². The predicted octanol–water partition coefficient (Wildman–Crippen LogP) is 3.48. The first-order valence-corrected chi connectivity index (χ1v) is 10.9. The first-order chi connectivity index (χ1) is 14.4. The van der Waals surface area contributed by atoms with Crippen molar-refractivity contribution in [3.8, 4) is 6.07 Å². The van der Waals surface area contributed by atoms with Crippen molar-refractivity contribution in [2.24, 2.45) is 5.92 Å². The van der Waals surface area contributed by atoms with Crippen molar-refractivity contribution in [2.75, 3.05) is 12.0 Å². The third-order valence-electron chi connectivity index (χ3n) is 6.64. The monoisotopic (exact) mass is 489 g/mol. The molecule has 2 bridgehead atoms. The number of nitriles is 1. The molecule has 8 nitrogen and oxygen atoms in total. The van der Waals surface area contributed by atoms with Crippen LogP contribution in [0.5, 0.6) is 0 Å². The Morgan fingerprint density at radius 2 is 2.00 bits per heavy atom. The molecule has 2 fully saturated rings. The number of hydrogen-bond acceptors (Lipinski definition) is 7. The summed E-state index contributed by atoms with van der Waals surface area (Å²) in [6.45, 7) is 6.99. The van der Waals surface area contributed by atoms with Gasteiger partial charge in [0.05, 0.1) is 30.3 Å². The summed E-state index contributed by atoms with van der Waals surface area (Å²) in [6.07, 6.45) is -0.270. The van der Waals surface area contributed by atoms with Crippen molar-refractivity contribution in [2.45, 2.75) is 63.1 Å². The number of Topliss-reactive ketones (excluding diaryl/α,β-unsaturated/α-hetero) is 1. The van der Waals surface area contributed by atoms with Gasteiger partial charge in [-0.3, -0.25) is 9.59 Å². The first-order valence-electron chi connectivity index (χ1n) is 10.1. The minimum Gasteiger partial charge on any atom is -0.443 e. The van der Waals surface area contributed by atoms with Gasteiger partial charge in [0.15, 0.2) is 5.78 Å². The van der Waals surface area contributed by atoms with Gasteiger partial charge in [-0.1, -0.05) is 15.9 Å². The zero-order chi connectivity index (χ0) is 22.9. The molecule has 2 saturated heterocycles. The molecule has 0 saturated carbocycles. The lowest BCUT2D eigenvalue weighted by Crippen LogP contribution is -2.61. The second-order valence-electron chi connectivity index (χ2n) is 9.39. The van der Waals surface area contributed by atoms with Crippen molar-refractivity contribution in [3.05, 3.63) is 28.2 Å². The highest BCUT2D eigenvalue weighted by molar-refractivity contribution is 9.10. The number of anilines is 1. The fourth-order valence-electron chi connectivity index (χ4n) is 5.54. The number of benzene rings is 1. The molecule has 3 aliphatic rings. The molecule has 1 spiro atoms. The van der Waals surface area contributed by atoms with E-state index in [1.807, 2.05) is 6.92 Å². The molecule has 3 heterocycles. The molecule has 3 aliphatic heterocycles. The average Bonchev–Trinajstić information content (AvgIpc) is 3.02. The topological polar surface area (TPSA) is 99.9 Å². The number of ether oxygens (including phenoxy) is 1. The highest BCUT2D eigenvalue weighted by atomic mass is 79.9. The minimum absolute atomic E-state index is 0.150. The SMILES string of the molecule is CON1[C@@H]2C(=O)CC[C@@]1(C)[C@@]1(C(=O)N(C(=O)OC(C)(C)C)c3ccc(Br)cc31)[C@@H]2C#N. The fraction of sp³-hybridized carbons (Fsp3) is 0.545. The summed E-state index contributed by atoms with van der Waals surface area (Å²) >= 11 is 3.46. The zero-order valence-corrected chi connectivity index (χ0v) is 19.6. The lowest BCUT2D eigenvalue weighted by Gasteiger charge is -2.45. The number of carbonyl (C=O) groups excluding carboxylic acids is 3. The van der Waals surface area contributed by atoms with E-state index in [0.29, 0.717) is 22.1 Å². The lowest BCUT2D eigenvalue weighted by molar-refractivity contribution is -0.219. The third kappa shape index (κ3) is 2.68. The highest BCUT2D eigenvalue weighted by Gasteiger charge is 2.78. The number of amides is 2.